The number of carbonyl (C=O) groups is 1. The molecule has 0 saturated heterocycles. The van der Waals surface area contributed by atoms with E-state index in [1.54, 1.807) is 30.7 Å². The Morgan fingerprint density at radius 2 is 1.88 bits per heavy atom. The average molecular weight is 397 g/mol. The van der Waals surface area contributed by atoms with Crippen molar-refractivity contribution < 1.29 is 4.79 Å². The van der Waals surface area contributed by atoms with Gasteiger partial charge in [0.05, 0.1) is 5.69 Å². The van der Waals surface area contributed by atoms with E-state index in [1.165, 1.54) is 0 Å². The summed E-state index contributed by atoms with van der Waals surface area (Å²) < 4.78 is 0.853. The second kappa shape index (κ2) is 7.90. The van der Waals surface area contributed by atoms with Crippen molar-refractivity contribution in [3.63, 3.8) is 0 Å². The lowest BCUT2D eigenvalue weighted by molar-refractivity contribution is 0.102. The number of hydrogen-bond acceptors (Lipinski definition) is 4. The van der Waals surface area contributed by atoms with Crippen molar-refractivity contribution in [2.24, 2.45) is 0 Å². The molecule has 126 valence electrons. The van der Waals surface area contributed by atoms with E-state index in [-0.39, 0.29) is 5.91 Å². The van der Waals surface area contributed by atoms with Gasteiger partial charge < -0.3 is 10.6 Å². The summed E-state index contributed by atoms with van der Waals surface area (Å²) in [6.45, 7) is 2.62. The minimum absolute atomic E-state index is 0.182. The quantitative estimate of drug-likeness (QED) is 0.669. The van der Waals surface area contributed by atoms with Crippen LogP contribution in [0.4, 0.5) is 11.5 Å². The number of aromatic nitrogens is 2. The van der Waals surface area contributed by atoms with Crippen molar-refractivity contribution in [1.29, 1.82) is 0 Å². The van der Waals surface area contributed by atoms with Crippen LogP contribution in [-0.4, -0.2) is 15.9 Å². The van der Waals surface area contributed by atoms with E-state index < -0.39 is 0 Å². The summed E-state index contributed by atoms with van der Waals surface area (Å²) in [5, 5.41) is 6.12. The summed E-state index contributed by atoms with van der Waals surface area (Å²) >= 11 is 3.47. The van der Waals surface area contributed by atoms with Crippen molar-refractivity contribution in [1.82, 2.24) is 9.97 Å². The first-order chi connectivity index (χ1) is 12.1. The molecule has 2 aromatic heterocycles. The summed E-state index contributed by atoms with van der Waals surface area (Å²) in [7, 11) is 0. The zero-order valence-corrected chi connectivity index (χ0v) is 15.2. The maximum Gasteiger partial charge on any atom is 0.255 e. The van der Waals surface area contributed by atoms with Crippen molar-refractivity contribution in [3.05, 3.63) is 82.2 Å². The molecule has 0 aliphatic rings. The van der Waals surface area contributed by atoms with E-state index in [9.17, 15) is 4.79 Å². The number of pyridine rings is 2. The van der Waals surface area contributed by atoms with E-state index in [0.717, 1.165) is 21.3 Å². The zero-order chi connectivity index (χ0) is 17.6. The van der Waals surface area contributed by atoms with Crippen LogP contribution in [-0.2, 0) is 6.54 Å². The van der Waals surface area contributed by atoms with Gasteiger partial charge in [-0.3, -0.25) is 9.78 Å². The fourth-order valence-corrected chi connectivity index (χ4v) is 2.87. The normalized spacial score (nSPS) is 10.3. The van der Waals surface area contributed by atoms with E-state index in [0.29, 0.717) is 17.9 Å². The summed E-state index contributed by atoms with van der Waals surface area (Å²) in [5.74, 6) is 0.464. The van der Waals surface area contributed by atoms with Gasteiger partial charge in [0.1, 0.15) is 5.82 Å². The van der Waals surface area contributed by atoms with Gasteiger partial charge in [0, 0.05) is 35.2 Å². The number of halogens is 1. The number of rotatable bonds is 5. The fourth-order valence-electron chi connectivity index (χ4n) is 2.28. The number of nitrogens with zero attached hydrogens (tertiary/aromatic N) is 2. The Morgan fingerprint density at radius 1 is 1.08 bits per heavy atom. The van der Waals surface area contributed by atoms with Gasteiger partial charge in [0.2, 0.25) is 0 Å². The van der Waals surface area contributed by atoms with Crippen LogP contribution in [0, 0.1) is 6.92 Å². The Morgan fingerprint density at radius 3 is 2.64 bits per heavy atom. The molecular weight excluding hydrogens is 380 g/mol. The number of hydrogen-bond donors (Lipinski definition) is 2. The molecule has 0 bridgehead atoms. The minimum Gasteiger partial charge on any atom is -0.366 e. The summed E-state index contributed by atoms with van der Waals surface area (Å²) in [6.07, 6.45) is 5.11. The van der Waals surface area contributed by atoms with Crippen LogP contribution >= 0.6 is 15.9 Å². The molecular formula is C19H17BrN4O. The Kier molecular flexibility index (Phi) is 5.40. The van der Waals surface area contributed by atoms with Crippen LogP contribution < -0.4 is 10.6 Å². The second-order valence-corrected chi connectivity index (χ2v) is 6.43. The third kappa shape index (κ3) is 4.64. The highest BCUT2D eigenvalue weighted by molar-refractivity contribution is 9.10. The molecule has 1 amide bonds. The van der Waals surface area contributed by atoms with E-state index in [2.05, 4.69) is 36.5 Å². The highest BCUT2D eigenvalue weighted by atomic mass is 79.9. The van der Waals surface area contributed by atoms with Crippen molar-refractivity contribution in [2.75, 3.05) is 10.6 Å². The smallest absolute Gasteiger partial charge is 0.255 e. The van der Waals surface area contributed by atoms with Gasteiger partial charge in [-0.2, -0.15) is 0 Å². The molecule has 0 aliphatic carbocycles. The number of aryl methyl sites for hydroxylation is 1. The summed E-state index contributed by atoms with van der Waals surface area (Å²) in [6, 6.07) is 13.1. The second-order valence-electron chi connectivity index (χ2n) is 5.58. The maximum atomic E-state index is 12.5. The Bertz CT molecular complexity index is 884. The molecule has 0 saturated carbocycles. The topological polar surface area (TPSA) is 66.9 Å². The Balaban J connectivity index is 1.69. The van der Waals surface area contributed by atoms with Crippen LogP contribution in [0.25, 0.3) is 0 Å². The zero-order valence-electron chi connectivity index (χ0n) is 13.7. The largest absolute Gasteiger partial charge is 0.366 e. The third-order valence-electron chi connectivity index (χ3n) is 3.62. The lowest BCUT2D eigenvalue weighted by Gasteiger charge is -2.10. The average Bonchev–Trinajstić information content (AvgIpc) is 2.63. The minimum atomic E-state index is -0.182. The molecule has 0 unspecified atom stereocenters. The molecule has 6 heteroatoms. The van der Waals surface area contributed by atoms with Gasteiger partial charge in [-0.1, -0.05) is 6.07 Å². The molecule has 0 aliphatic heterocycles. The molecule has 0 fully saturated rings. The van der Waals surface area contributed by atoms with Crippen LogP contribution in [0.2, 0.25) is 0 Å². The third-order valence-corrected chi connectivity index (χ3v) is 4.27. The SMILES string of the molecule is Cc1ccc(NC(=O)c2ccnc(NCc3ccncc3)c2)c(Br)c1. The van der Waals surface area contributed by atoms with Gasteiger partial charge in [0.15, 0.2) is 0 Å². The first-order valence-corrected chi connectivity index (χ1v) is 8.57. The molecule has 2 N–H and O–H groups in total. The van der Waals surface area contributed by atoms with Crippen LogP contribution in [0.15, 0.2) is 65.5 Å². The first-order valence-electron chi connectivity index (χ1n) is 7.78. The molecule has 0 atom stereocenters. The molecule has 3 rings (SSSR count). The van der Waals surface area contributed by atoms with Gasteiger partial charge in [0.25, 0.3) is 5.91 Å². The fraction of sp³-hybridized carbons (Fsp3) is 0.105. The molecule has 0 radical (unpaired) electrons. The molecule has 1 aromatic carbocycles. The van der Waals surface area contributed by atoms with E-state index >= 15 is 0 Å². The highest BCUT2D eigenvalue weighted by Crippen LogP contribution is 2.24. The Labute approximate surface area is 154 Å². The monoisotopic (exact) mass is 396 g/mol. The van der Waals surface area contributed by atoms with Crippen LogP contribution in [0.1, 0.15) is 21.5 Å². The summed E-state index contributed by atoms with van der Waals surface area (Å²) in [5.41, 5.74) is 3.49. The Hall–Kier alpha value is -2.73. The van der Waals surface area contributed by atoms with Crippen LogP contribution in [0.3, 0.4) is 0 Å². The lowest BCUT2D eigenvalue weighted by atomic mass is 10.2. The number of anilines is 2. The van der Waals surface area contributed by atoms with Gasteiger partial charge >= 0.3 is 0 Å². The van der Waals surface area contributed by atoms with Crippen molar-refractivity contribution >= 4 is 33.3 Å². The molecule has 2 heterocycles. The van der Waals surface area contributed by atoms with Crippen molar-refractivity contribution in [2.45, 2.75) is 13.5 Å². The van der Waals surface area contributed by atoms with Crippen LogP contribution in [0.5, 0.6) is 0 Å². The predicted octanol–water partition coefficient (Wildman–Crippen LogP) is 4.41. The lowest BCUT2D eigenvalue weighted by Crippen LogP contribution is -2.13. The number of benzene rings is 1. The van der Waals surface area contributed by atoms with Crippen molar-refractivity contribution in [3.8, 4) is 0 Å². The molecule has 3 aromatic rings. The van der Waals surface area contributed by atoms with Gasteiger partial charge in [-0.15, -0.1) is 0 Å². The van der Waals surface area contributed by atoms with Gasteiger partial charge in [-0.05, 0) is 70.4 Å². The number of carbonyl (C=O) groups excluding carboxylic acids is 1. The highest BCUT2D eigenvalue weighted by Gasteiger charge is 2.09. The molecule has 25 heavy (non-hydrogen) atoms. The van der Waals surface area contributed by atoms with E-state index in [1.807, 2.05) is 37.3 Å². The number of nitrogens with one attached hydrogen (secondary N) is 2. The first kappa shape index (κ1) is 17.1. The standard InChI is InChI=1S/C19H17BrN4O/c1-13-2-3-17(16(20)10-13)24-19(25)15-6-9-22-18(11-15)23-12-14-4-7-21-8-5-14/h2-11H,12H2,1H3,(H,22,23)(H,24,25). The van der Waals surface area contributed by atoms with E-state index in [4.69, 9.17) is 0 Å². The molecule has 5 nitrogen and oxygen atoms in total. The number of amides is 1. The molecule has 0 spiro atoms. The summed E-state index contributed by atoms with van der Waals surface area (Å²) in [4.78, 5) is 20.7. The van der Waals surface area contributed by atoms with Gasteiger partial charge in [-0.25, -0.2) is 4.98 Å². The maximum absolute atomic E-state index is 12.5. The predicted molar refractivity (Wildman–Crippen MR) is 103 cm³/mol.